The van der Waals surface area contributed by atoms with Gasteiger partial charge in [0.15, 0.2) is 0 Å². The van der Waals surface area contributed by atoms with Crippen molar-refractivity contribution in [2.45, 2.75) is 45.6 Å². The zero-order valence-electron chi connectivity index (χ0n) is 12.9. The average molecular weight is 288 g/mol. The third-order valence-electron chi connectivity index (χ3n) is 4.04. The summed E-state index contributed by atoms with van der Waals surface area (Å²) in [6.45, 7) is 4.89. The number of nitrogens with zero attached hydrogens (tertiary/aromatic N) is 1. The number of likely N-dealkylation sites (tertiary alicyclic amines) is 1. The molecule has 0 aliphatic carbocycles. The maximum absolute atomic E-state index is 12.2. The molecule has 1 saturated heterocycles. The molecule has 0 bridgehead atoms. The highest BCUT2D eigenvalue weighted by molar-refractivity contribution is 5.85. The van der Waals surface area contributed by atoms with E-state index in [2.05, 4.69) is 5.32 Å². The Morgan fingerprint density at radius 2 is 2.05 bits per heavy atom. The highest BCUT2D eigenvalue weighted by Gasteiger charge is 2.20. The minimum absolute atomic E-state index is 0.0409. The Bertz CT molecular complexity index is 513. The van der Waals surface area contributed by atoms with Crippen molar-refractivity contribution in [1.29, 1.82) is 0 Å². The minimum atomic E-state index is -0.0824. The normalized spacial score (nSPS) is 17.2. The first-order chi connectivity index (χ1) is 10.1. The summed E-state index contributed by atoms with van der Waals surface area (Å²) in [4.78, 5) is 25.8. The molecule has 1 aromatic rings. The highest BCUT2D eigenvalue weighted by Crippen LogP contribution is 2.17. The van der Waals surface area contributed by atoms with Crippen LogP contribution in [0.25, 0.3) is 0 Å². The van der Waals surface area contributed by atoms with Gasteiger partial charge in [-0.15, -0.1) is 0 Å². The number of amides is 2. The van der Waals surface area contributed by atoms with Crippen LogP contribution in [-0.2, 0) is 9.59 Å². The van der Waals surface area contributed by atoms with Crippen LogP contribution in [0.15, 0.2) is 24.3 Å². The predicted molar refractivity (Wildman–Crippen MR) is 82.8 cm³/mol. The van der Waals surface area contributed by atoms with E-state index in [4.69, 9.17) is 0 Å². The lowest BCUT2D eigenvalue weighted by molar-refractivity contribution is -0.135. The molecule has 21 heavy (non-hydrogen) atoms. The molecule has 114 valence electrons. The van der Waals surface area contributed by atoms with Gasteiger partial charge >= 0.3 is 0 Å². The molecule has 4 nitrogen and oxygen atoms in total. The Labute approximate surface area is 126 Å². The molecule has 0 aromatic heterocycles. The lowest BCUT2D eigenvalue weighted by atomic mass is 10.0. The van der Waals surface area contributed by atoms with Crippen LogP contribution < -0.4 is 5.32 Å². The molecule has 2 amide bonds. The molecule has 1 aromatic carbocycles. The number of benzene rings is 1. The van der Waals surface area contributed by atoms with Gasteiger partial charge in [0, 0.05) is 13.0 Å². The second kappa shape index (κ2) is 7.25. The molecule has 0 spiro atoms. The van der Waals surface area contributed by atoms with Crippen LogP contribution in [0.5, 0.6) is 0 Å². The second-order valence-corrected chi connectivity index (χ2v) is 5.77. The molecule has 1 N–H and O–H groups in total. The van der Waals surface area contributed by atoms with Gasteiger partial charge in [0.05, 0.1) is 12.6 Å². The minimum Gasteiger partial charge on any atom is -0.348 e. The summed E-state index contributed by atoms with van der Waals surface area (Å²) in [5.41, 5.74) is 2.28. The molecular formula is C17H24N2O2. The highest BCUT2D eigenvalue weighted by atomic mass is 16.2. The lowest BCUT2D eigenvalue weighted by Crippen LogP contribution is -2.41. The zero-order valence-corrected chi connectivity index (χ0v) is 12.9. The van der Waals surface area contributed by atoms with Gasteiger partial charge in [0.1, 0.15) is 0 Å². The molecule has 1 aliphatic rings. The molecule has 0 radical (unpaired) electrons. The van der Waals surface area contributed by atoms with Crippen LogP contribution in [-0.4, -0.2) is 29.8 Å². The van der Waals surface area contributed by atoms with E-state index in [0.717, 1.165) is 30.4 Å². The first-order valence-corrected chi connectivity index (χ1v) is 7.70. The van der Waals surface area contributed by atoms with Crippen LogP contribution >= 0.6 is 0 Å². The number of hydrogen-bond donors (Lipinski definition) is 1. The van der Waals surface area contributed by atoms with Gasteiger partial charge in [0.25, 0.3) is 0 Å². The van der Waals surface area contributed by atoms with E-state index in [-0.39, 0.29) is 24.4 Å². The Balaban J connectivity index is 1.92. The third-order valence-corrected chi connectivity index (χ3v) is 4.04. The van der Waals surface area contributed by atoms with Gasteiger partial charge in [-0.3, -0.25) is 9.59 Å². The van der Waals surface area contributed by atoms with Gasteiger partial charge in [-0.1, -0.05) is 30.7 Å². The molecule has 4 heteroatoms. The summed E-state index contributed by atoms with van der Waals surface area (Å²) < 4.78 is 0. The van der Waals surface area contributed by atoms with Crippen molar-refractivity contribution < 1.29 is 9.59 Å². The van der Waals surface area contributed by atoms with Crippen molar-refractivity contribution in [2.24, 2.45) is 0 Å². The monoisotopic (exact) mass is 288 g/mol. The van der Waals surface area contributed by atoms with Gasteiger partial charge < -0.3 is 10.2 Å². The molecular weight excluding hydrogens is 264 g/mol. The van der Waals surface area contributed by atoms with Crippen LogP contribution in [0.4, 0.5) is 0 Å². The fourth-order valence-electron chi connectivity index (χ4n) is 2.82. The Hall–Kier alpha value is -1.84. The number of nitrogens with one attached hydrogen (secondary N) is 1. The van der Waals surface area contributed by atoms with Gasteiger partial charge in [0.2, 0.25) is 11.8 Å². The molecule has 1 heterocycles. The van der Waals surface area contributed by atoms with E-state index in [1.54, 1.807) is 4.90 Å². The van der Waals surface area contributed by atoms with Crippen molar-refractivity contribution >= 4 is 11.8 Å². The number of aryl methyl sites for hydroxylation is 1. The molecule has 1 atom stereocenters. The predicted octanol–water partition coefficient (Wildman–Crippen LogP) is 2.57. The van der Waals surface area contributed by atoms with Gasteiger partial charge in [-0.05, 0) is 37.8 Å². The quantitative estimate of drug-likeness (QED) is 0.925. The van der Waals surface area contributed by atoms with Crippen molar-refractivity contribution in [3.63, 3.8) is 0 Å². The molecule has 1 aliphatic heterocycles. The van der Waals surface area contributed by atoms with Crippen LogP contribution in [0.1, 0.15) is 49.8 Å². The van der Waals surface area contributed by atoms with Gasteiger partial charge in [-0.2, -0.15) is 0 Å². The topological polar surface area (TPSA) is 49.4 Å². The van der Waals surface area contributed by atoms with Crippen molar-refractivity contribution in [1.82, 2.24) is 10.2 Å². The second-order valence-electron chi connectivity index (χ2n) is 5.77. The lowest BCUT2D eigenvalue weighted by Gasteiger charge is -2.22. The van der Waals surface area contributed by atoms with Gasteiger partial charge in [-0.25, -0.2) is 0 Å². The van der Waals surface area contributed by atoms with E-state index >= 15 is 0 Å². The maximum atomic E-state index is 12.2. The third kappa shape index (κ3) is 4.31. The summed E-state index contributed by atoms with van der Waals surface area (Å²) >= 11 is 0. The number of rotatable bonds is 4. The first-order valence-electron chi connectivity index (χ1n) is 7.70. The van der Waals surface area contributed by atoms with E-state index < -0.39 is 0 Å². The van der Waals surface area contributed by atoms with E-state index in [1.165, 1.54) is 0 Å². The zero-order chi connectivity index (χ0) is 15.2. The van der Waals surface area contributed by atoms with Crippen LogP contribution in [0.2, 0.25) is 0 Å². The fourth-order valence-corrected chi connectivity index (χ4v) is 2.82. The fraction of sp³-hybridized carbons (Fsp3) is 0.529. The Kier molecular flexibility index (Phi) is 5.37. The van der Waals surface area contributed by atoms with Crippen molar-refractivity contribution in [2.75, 3.05) is 13.1 Å². The number of hydrogen-bond acceptors (Lipinski definition) is 2. The summed E-state index contributed by atoms with van der Waals surface area (Å²) in [7, 11) is 0. The summed E-state index contributed by atoms with van der Waals surface area (Å²) in [6, 6.07) is 7.99. The number of carbonyl (C=O) groups is 2. The largest absolute Gasteiger partial charge is 0.348 e. The van der Waals surface area contributed by atoms with E-state index in [0.29, 0.717) is 13.0 Å². The first kappa shape index (κ1) is 15.5. The van der Waals surface area contributed by atoms with Crippen molar-refractivity contribution in [3.8, 4) is 0 Å². The number of carbonyl (C=O) groups excluding carboxylic acids is 2. The van der Waals surface area contributed by atoms with E-state index in [9.17, 15) is 9.59 Å². The van der Waals surface area contributed by atoms with E-state index in [1.807, 2.05) is 38.1 Å². The molecule has 1 unspecified atom stereocenters. The van der Waals surface area contributed by atoms with Crippen molar-refractivity contribution in [3.05, 3.63) is 35.4 Å². The van der Waals surface area contributed by atoms with Crippen LogP contribution in [0.3, 0.4) is 0 Å². The summed E-state index contributed by atoms with van der Waals surface area (Å²) in [5, 5.41) is 2.99. The smallest absolute Gasteiger partial charge is 0.240 e. The molecule has 0 saturated carbocycles. The summed E-state index contributed by atoms with van der Waals surface area (Å²) in [6.07, 6.45) is 3.58. The molecule has 2 rings (SSSR count). The summed E-state index contributed by atoms with van der Waals surface area (Å²) in [5.74, 6) is 0.0206. The Morgan fingerprint density at radius 3 is 2.81 bits per heavy atom. The SMILES string of the molecule is Cc1ccccc1C(C)NC(=O)CN1CCCCCC1=O. The maximum Gasteiger partial charge on any atom is 0.240 e. The standard InChI is InChI=1S/C17H24N2O2/c1-13-8-5-6-9-15(13)14(2)18-16(20)12-19-11-7-3-4-10-17(19)21/h5-6,8-9,14H,3-4,7,10-12H2,1-2H3,(H,18,20). The van der Waals surface area contributed by atoms with Crippen LogP contribution in [0, 0.1) is 6.92 Å². The Morgan fingerprint density at radius 1 is 1.29 bits per heavy atom. The average Bonchev–Trinajstić information content (AvgIpc) is 2.64. The molecule has 1 fully saturated rings.